The van der Waals surface area contributed by atoms with Crippen molar-refractivity contribution < 1.29 is 0 Å². The van der Waals surface area contributed by atoms with Crippen molar-refractivity contribution >= 4 is 9.52 Å². The molecule has 32 valence electrons. The molecule has 0 N–H and O–H groups in total. The Hall–Kier alpha value is -0.0431. The Labute approximate surface area is 41.1 Å². The summed E-state index contributed by atoms with van der Waals surface area (Å²) >= 11 is 0. The molecule has 0 bridgehead atoms. The molecule has 0 spiro atoms. The molecule has 0 nitrogen and oxygen atoms in total. The van der Waals surface area contributed by atoms with Crippen LogP contribution in [0.15, 0.2) is 12.3 Å². The van der Waals surface area contributed by atoms with Gasteiger partial charge in [0.05, 0.1) is 9.52 Å². The topological polar surface area (TPSA) is 0 Å². The molecule has 0 unspecified atom stereocenters. The summed E-state index contributed by atoms with van der Waals surface area (Å²) in [4.78, 5) is 0. The third kappa shape index (κ3) is 0.975. The van der Waals surface area contributed by atoms with E-state index in [1.807, 2.05) is 5.70 Å². The number of hydrogen-bond acceptors (Lipinski definition) is 0. The van der Waals surface area contributed by atoms with Gasteiger partial charge in [0.15, 0.2) is 0 Å². The summed E-state index contributed by atoms with van der Waals surface area (Å²) in [5, 5.41) is 0. The summed E-state index contributed by atoms with van der Waals surface area (Å²) < 4.78 is 0. The lowest BCUT2D eigenvalue weighted by molar-refractivity contribution is 1.45. The van der Waals surface area contributed by atoms with E-state index in [1.54, 1.807) is 0 Å². The molecule has 0 amide bonds. The largest absolute Gasteiger partial charge is 0.107 e. The Kier molecular flexibility index (Phi) is 1.10. The lowest BCUT2D eigenvalue weighted by Crippen LogP contribution is -1.76. The molecular weight excluding hydrogens is 88.1 g/mol. The molecule has 1 rings (SSSR count). The third-order valence-corrected chi connectivity index (χ3v) is 2.22. The molecule has 1 heteroatoms. The Morgan fingerprint density at radius 2 is 2.33 bits per heavy atom. The molecule has 1 aliphatic carbocycles. The zero-order chi connectivity index (χ0) is 4.41. The van der Waals surface area contributed by atoms with E-state index < -0.39 is 0 Å². The monoisotopic (exact) mass is 96.0 g/mol. The fourth-order valence-electron chi connectivity index (χ4n) is 0.417. The molecule has 0 atom stereocenters. The van der Waals surface area contributed by atoms with Gasteiger partial charge in [0, 0.05) is 0 Å². The average Bonchev–Trinajstić information content (AvgIpc) is 2.21. The smallest absolute Gasteiger partial charge is 0.0729 e. The van der Waals surface area contributed by atoms with Crippen LogP contribution in [0.3, 0.4) is 0 Å². The molecule has 1 fully saturated rings. The molecule has 0 aromatic carbocycles. The van der Waals surface area contributed by atoms with Gasteiger partial charge in [0.2, 0.25) is 0 Å². The van der Waals surface area contributed by atoms with Crippen molar-refractivity contribution in [3.05, 3.63) is 12.3 Å². The molecule has 0 aromatic heterocycles. The normalized spacial score (nSPS) is 20.7. The predicted molar refractivity (Wildman–Crippen MR) is 28.9 cm³/mol. The fraction of sp³-hybridized carbons (Fsp3) is 0.600. The number of rotatable bonds is 2. The first-order valence-corrected chi connectivity index (χ1v) is 3.46. The highest BCUT2D eigenvalue weighted by atomic mass is 28.2. The second-order valence-corrected chi connectivity index (χ2v) is 3.20. The predicted octanol–water partition coefficient (Wildman–Crippen LogP) is 1.42. The van der Waals surface area contributed by atoms with Gasteiger partial charge in [-0.15, -0.1) is 12.3 Å². The lowest BCUT2D eigenvalue weighted by atomic mass is 11.0. The van der Waals surface area contributed by atoms with E-state index in [0.717, 1.165) is 15.1 Å². The summed E-state index contributed by atoms with van der Waals surface area (Å²) in [5.74, 6) is 0. The van der Waals surface area contributed by atoms with Crippen LogP contribution < -0.4 is 0 Å². The maximum atomic E-state index is 3.65. The molecule has 1 aliphatic rings. The van der Waals surface area contributed by atoms with Crippen LogP contribution in [0.4, 0.5) is 0 Å². The Morgan fingerprint density at radius 1 is 1.67 bits per heavy atom. The van der Waals surface area contributed by atoms with Gasteiger partial charge in [-0.1, -0.05) is 12.8 Å². The molecular formula is C5H8Si. The van der Waals surface area contributed by atoms with Gasteiger partial charge in [-0.3, -0.25) is 0 Å². The van der Waals surface area contributed by atoms with Gasteiger partial charge in [0.1, 0.15) is 0 Å². The van der Waals surface area contributed by atoms with E-state index in [9.17, 15) is 0 Å². The summed E-state index contributed by atoms with van der Waals surface area (Å²) in [6.07, 6.45) is 2.93. The van der Waals surface area contributed by atoms with Crippen LogP contribution in [0.1, 0.15) is 12.8 Å². The van der Waals surface area contributed by atoms with Gasteiger partial charge in [-0.2, -0.15) is 0 Å². The lowest BCUT2D eigenvalue weighted by Gasteiger charge is -1.74. The van der Waals surface area contributed by atoms with E-state index in [2.05, 4.69) is 6.58 Å². The molecule has 0 aromatic rings. The minimum atomic E-state index is 1.05. The highest BCUT2D eigenvalue weighted by Gasteiger charge is 2.19. The first kappa shape index (κ1) is 4.12. The molecule has 0 heterocycles. The fourth-order valence-corrected chi connectivity index (χ4v) is 1.25. The van der Waals surface area contributed by atoms with Gasteiger partial charge in [-0.05, 0) is 5.54 Å². The molecule has 2 radical (unpaired) electrons. The van der Waals surface area contributed by atoms with E-state index in [1.165, 1.54) is 12.8 Å². The van der Waals surface area contributed by atoms with Crippen LogP contribution in [-0.2, 0) is 0 Å². The molecule has 0 aliphatic heterocycles. The van der Waals surface area contributed by atoms with Crippen molar-refractivity contribution in [2.75, 3.05) is 0 Å². The van der Waals surface area contributed by atoms with Crippen LogP contribution in [-0.4, -0.2) is 9.52 Å². The van der Waals surface area contributed by atoms with Crippen molar-refractivity contribution in [2.45, 2.75) is 18.4 Å². The van der Waals surface area contributed by atoms with E-state index in [4.69, 9.17) is 0 Å². The second kappa shape index (κ2) is 1.60. The van der Waals surface area contributed by atoms with Crippen LogP contribution in [0, 0.1) is 0 Å². The Balaban J connectivity index is 2.00. The van der Waals surface area contributed by atoms with Crippen LogP contribution in [0.2, 0.25) is 5.54 Å². The minimum Gasteiger partial charge on any atom is -0.107 e. The van der Waals surface area contributed by atoms with Crippen molar-refractivity contribution in [3.63, 3.8) is 0 Å². The van der Waals surface area contributed by atoms with Crippen molar-refractivity contribution in [3.8, 4) is 0 Å². The van der Waals surface area contributed by atoms with Crippen LogP contribution >= 0.6 is 0 Å². The number of hydrogen-bond donors (Lipinski definition) is 0. The minimum absolute atomic E-state index is 1.05. The van der Waals surface area contributed by atoms with Crippen molar-refractivity contribution in [2.24, 2.45) is 0 Å². The maximum absolute atomic E-state index is 3.65. The standard InChI is InChI=1S/C5H8Si/c1-2-6-5-3-4-5/h2,5H,1,3-4H2. The highest BCUT2D eigenvalue weighted by molar-refractivity contribution is 6.44. The van der Waals surface area contributed by atoms with Crippen LogP contribution in [0.25, 0.3) is 0 Å². The molecule has 1 saturated carbocycles. The Bertz CT molecular complexity index is 55.0. The van der Waals surface area contributed by atoms with E-state index >= 15 is 0 Å². The maximum Gasteiger partial charge on any atom is 0.0729 e. The second-order valence-electron chi connectivity index (χ2n) is 1.65. The average molecular weight is 96.2 g/mol. The van der Waals surface area contributed by atoms with Gasteiger partial charge in [0.25, 0.3) is 0 Å². The van der Waals surface area contributed by atoms with Crippen LogP contribution in [0.5, 0.6) is 0 Å². The summed E-state index contributed by atoms with van der Waals surface area (Å²) in [6, 6.07) is 0. The molecule has 6 heavy (non-hydrogen) atoms. The van der Waals surface area contributed by atoms with E-state index in [-0.39, 0.29) is 0 Å². The van der Waals surface area contributed by atoms with Gasteiger partial charge >= 0.3 is 0 Å². The van der Waals surface area contributed by atoms with E-state index in [0.29, 0.717) is 0 Å². The summed E-state index contributed by atoms with van der Waals surface area (Å²) in [5.41, 5.74) is 3.10. The SMILES string of the molecule is C=C[Si]C1CC1. The summed E-state index contributed by atoms with van der Waals surface area (Å²) in [7, 11) is 1.05. The first-order valence-electron chi connectivity index (χ1n) is 2.30. The van der Waals surface area contributed by atoms with Gasteiger partial charge in [-0.25, -0.2) is 0 Å². The zero-order valence-electron chi connectivity index (χ0n) is 3.78. The van der Waals surface area contributed by atoms with Gasteiger partial charge < -0.3 is 0 Å². The van der Waals surface area contributed by atoms with Crippen molar-refractivity contribution in [1.29, 1.82) is 0 Å². The Morgan fingerprint density at radius 3 is 2.50 bits per heavy atom. The summed E-state index contributed by atoms with van der Waals surface area (Å²) in [6.45, 7) is 3.65. The highest BCUT2D eigenvalue weighted by Crippen LogP contribution is 2.34. The van der Waals surface area contributed by atoms with Crippen molar-refractivity contribution in [1.82, 2.24) is 0 Å². The third-order valence-electron chi connectivity index (χ3n) is 0.931. The quantitative estimate of drug-likeness (QED) is 0.456. The molecule has 0 saturated heterocycles. The zero-order valence-corrected chi connectivity index (χ0v) is 4.78. The first-order chi connectivity index (χ1) is 2.93.